The van der Waals surface area contributed by atoms with Crippen molar-refractivity contribution in [1.82, 2.24) is 0 Å². The van der Waals surface area contributed by atoms with E-state index < -0.39 is 0 Å². The molecule has 1 aliphatic rings. The predicted octanol–water partition coefficient (Wildman–Crippen LogP) is 4.46. The maximum Gasteiger partial charge on any atom is 0.0661 e. The van der Waals surface area contributed by atoms with Crippen molar-refractivity contribution in [3.8, 4) is 0 Å². The zero-order valence-electron chi connectivity index (χ0n) is 10.5. The standard InChI is InChI=1S/C14H19BrClNO/c1-10-4-6-14(9-18,7-5-10)17-11-2-3-13(16)12(15)8-11/h2-3,8,10,17-18H,4-7,9H2,1H3. The lowest BCUT2D eigenvalue weighted by molar-refractivity contribution is 0.155. The lowest BCUT2D eigenvalue weighted by Gasteiger charge is -2.39. The maximum absolute atomic E-state index is 9.71. The highest BCUT2D eigenvalue weighted by molar-refractivity contribution is 9.10. The van der Waals surface area contributed by atoms with Gasteiger partial charge in [-0.3, -0.25) is 0 Å². The lowest BCUT2D eigenvalue weighted by Crippen LogP contribution is -2.45. The summed E-state index contributed by atoms with van der Waals surface area (Å²) < 4.78 is 0.881. The van der Waals surface area contributed by atoms with Gasteiger partial charge in [0, 0.05) is 10.2 Å². The van der Waals surface area contributed by atoms with Gasteiger partial charge in [0.1, 0.15) is 0 Å². The molecule has 18 heavy (non-hydrogen) atoms. The third kappa shape index (κ3) is 3.19. The average molecular weight is 333 g/mol. The van der Waals surface area contributed by atoms with Gasteiger partial charge in [-0.15, -0.1) is 0 Å². The van der Waals surface area contributed by atoms with Crippen LogP contribution in [0.15, 0.2) is 22.7 Å². The number of aliphatic hydroxyl groups is 1. The number of rotatable bonds is 3. The molecule has 0 unspecified atom stereocenters. The van der Waals surface area contributed by atoms with Crippen molar-refractivity contribution in [2.45, 2.75) is 38.1 Å². The second-order valence-corrected chi connectivity index (χ2v) is 6.64. The van der Waals surface area contributed by atoms with Crippen LogP contribution in [0.25, 0.3) is 0 Å². The number of halogens is 2. The number of anilines is 1. The van der Waals surface area contributed by atoms with E-state index in [1.165, 1.54) is 12.8 Å². The first-order valence-electron chi connectivity index (χ1n) is 6.39. The normalized spacial score (nSPS) is 28.1. The molecule has 0 atom stereocenters. The van der Waals surface area contributed by atoms with Gasteiger partial charge in [0.15, 0.2) is 0 Å². The molecule has 1 fully saturated rings. The van der Waals surface area contributed by atoms with Gasteiger partial charge in [0.25, 0.3) is 0 Å². The molecule has 0 spiro atoms. The molecule has 0 radical (unpaired) electrons. The Bertz CT molecular complexity index is 416. The quantitative estimate of drug-likeness (QED) is 0.856. The Morgan fingerprint density at radius 3 is 2.67 bits per heavy atom. The minimum absolute atomic E-state index is 0.167. The van der Waals surface area contributed by atoms with Gasteiger partial charge < -0.3 is 10.4 Å². The molecule has 0 aliphatic heterocycles. The van der Waals surface area contributed by atoms with E-state index in [0.717, 1.165) is 28.9 Å². The third-order valence-electron chi connectivity index (χ3n) is 3.86. The van der Waals surface area contributed by atoms with E-state index in [2.05, 4.69) is 28.2 Å². The number of hydrogen-bond acceptors (Lipinski definition) is 2. The van der Waals surface area contributed by atoms with E-state index in [1.54, 1.807) is 0 Å². The van der Waals surface area contributed by atoms with Crippen LogP contribution >= 0.6 is 27.5 Å². The monoisotopic (exact) mass is 331 g/mol. The molecule has 2 N–H and O–H groups in total. The Kier molecular flexibility index (Phi) is 4.57. The highest BCUT2D eigenvalue weighted by atomic mass is 79.9. The Morgan fingerprint density at radius 1 is 1.44 bits per heavy atom. The van der Waals surface area contributed by atoms with E-state index in [1.807, 2.05) is 18.2 Å². The fraction of sp³-hybridized carbons (Fsp3) is 0.571. The first-order chi connectivity index (χ1) is 8.54. The zero-order chi connectivity index (χ0) is 13.2. The molecular formula is C14H19BrClNO. The number of nitrogens with one attached hydrogen (secondary N) is 1. The summed E-state index contributed by atoms with van der Waals surface area (Å²) in [5.41, 5.74) is 0.842. The summed E-state index contributed by atoms with van der Waals surface area (Å²) in [5.74, 6) is 0.767. The summed E-state index contributed by atoms with van der Waals surface area (Å²) in [5, 5.41) is 13.9. The molecule has 100 valence electrons. The zero-order valence-corrected chi connectivity index (χ0v) is 12.9. The number of hydrogen-bond donors (Lipinski definition) is 2. The highest BCUT2D eigenvalue weighted by Gasteiger charge is 2.33. The van der Waals surface area contributed by atoms with Gasteiger partial charge in [-0.05, 0) is 65.7 Å². The van der Waals surface area contributed by atoms with Crippen LogP contribution in [0.5, 0.6) is 0 Å². The predicted molar refractivity (Wildman–Crippen MR) is 80.2 cm³/mol. The van der Waals surface area contributed by atoms with Crippen molar-refractivity contribution in [1.29, 1.82) is 0 Å². The first kappa shape index (κ1) is 14.2. The summed E-state index contributed by atoms with van der Waals surface area (Å²) in [4.78, 5) is 0. The summed E-state index contributed by atoms with van der Waals surface area (Å²) in [6, 6.07) is 5.80. The fourth-order valence-electron chi connectivity index (χ4n) is 2.52. The molecule has 1 saturated carbocycles. The topological polar surface area (TPSA) is 32.3 Å². The van der Waals surface area contributed by atoms with Crippen molar-refractivity contribution >= 4 is 33.2 Å². The molecule has 0 saturated heterocycles. The smallest absolute Gasteiger partial charge is 0.0661 e. The number of benzene rings is 1. The van der Waals surface area contributed by atoms with Crippen LogP contribution < -0.4 is 5.32 Å². The maximum atomic E-state index is 9.71. The minimum atomic E-state index is -0.167. The van der Waals surface area contributed by atoms with E-state index in [9.17, 15) is 5.11 Å². The molecule has 2 rings (SSSR count). The van der Waals surface area contributed by atoms with Crippen LogP contribution in [0.4, 0.5) is 5.69 Å². The van der Waals surface area contributed by atoms with Gasteiger partial charge in [-0.2, -0.15) is 0 Å². The Hall–Kier alpha value is -0.250. The third-order valence-corrected chi connectivity index (χ3v) is 5.08. The van der Waals surface area contributed by atoms with Crippen molar-refractivity contribution in [2.75, 3.05) is 11.9 Å². The van der Waals surface area contributed by atoms with E-state index in [0.29, 0.717) is 5.02 Å². The SMILES string of the molecule is CC1CCC(CO)(Nc2ccc(Cl)c(Br)c2)CC1. The largest absolute Gasteiger partial charge is 0.394 e. The molecular weight excluding hydrogens is 314 g/mol. The van der Waals surface area contributed by atoms with E-state index in [4.69, 9.17) is 11.6 Å². The van der Waals surface area contributed by atoms with Crippen LogP contribution in [0.1, 0.15) is 32.6 Å². The Morgan fingerprint density at radius 2 is 2.11 bits per heavy atom. The van der Waals surface area contributed by atoms with Gasteiger partial charge in [-0.1, -0.05) is 18.5 Å². The Labute approximate surface area is 122 Å². The molecule has 4 heteroatoms. The highest BCUT2D eigenvalue weighted by Crippen LogP contribution is 2.35. The average Bonchev–Trinajstić information content (AvgIpc) is 2.37. The fourth-order valence-corrected chi connectivity index (χ4v) is 3.01. The summed E-state index contributed by atoms with van der Waals surface area (Å²) in [6.45, 7) is 2.46. The van der Waals surface area contributed by atoms with Gasteiger partial charge in [0.2, 0.25) is 0 Å². The molecule has 1 aromatic carbocycles. The second kappa shape index (κ2) is 5.81. The summed E-state index contributed by atoms with van der Waals surface area (Å²) in [7, 11) is 0. The van der Waals surface area contributed by atoms with Crippen molar-refractivity contribution in [3.05, 3.63) is 27.7 Å². The first-order valence-corrected chi connectivity index (χ1v) is 7.56. The van der Waals surface area contributed by atoms with Crippen molar-refractivity contribution in [2.24, 2.45) is 5.92 Å². The van der Waals surface area contributed by atoms with Crippen molar-refractivity contribution in [3.63, 3.8) is 0 Å². The minimum Gasteiger partial charge on any atom is -0.394 e. The van der Waals surface area contributed by atoms with Crippen molar-refractivity contribution < 1.29 is 5.11 Å². The van der Waals surface area contributed by atoms with Gasteiger partial charge in [-0.25, -0.2) is 0 Å². The molecule has 1 aliphatic carbocycles. The lowest BCUT2D eigenvalue weighted by atomic mass is 9.77. The van der Waals surface area contributed by atoms with Crippen LogP contribution in [-0.2, 0) is 0 Å². The molecule has 0 amide bonds. The van der Waals surface area contributed by atoms with Crippen LogP contribution in [0, 0.1) is 5.92 Å². The molecule has 0 heterocycles. The van der Waals surface area contributed by atoms with Gasteiger partial charge in [0.05, 0.1) is 17.2 Å². The molecule has 0 bridgehead atoms. The molecule has 2 nitrogen and oxygen atoms in total. The molecule has 0 aromatic heterocycles. The van der Waals surface area contributed by atoms with Gasteiger partial charge >= 0.3 is 0 Å². The Balaban J connectivity index is 2.12. The van der Waals surface area contributed by atoms with Crippen LogP contribution in [0.2, 0.25) is 5.02 Å². The summed E-state index contributed by atoms with van der Waals surface area (Å²) >= 11 is 9.41. The van der Waals surface area contributed by atoms with Crippen LogP contribution in [0.3, 0.4) is 0 Å². The van der Waals surface area contributed by atoms with Crippen LogP contribution in [-0.4, -0.2) is 17.3 Å². The molecule has 1 aromatic rings. The van der Waals surface area contributed by atoms with E-state index >= 15 is 0 Å². The second-order valence-electron chi connectivity index (χ2n) is 5.37. The number of aliphatic hydroxyl groups excluding tert-OH is 1. The summed E-state index contributed by atoms with van der Waals surface area (Å²) in [6.07, 6.45) is 4.38. The van der Waals surface area contributed by atoms with E-state index in [-0.39, 0.29) is 12.1 Å².